The monoisotopic (exact) mass is 328 g/mol. The molecule has 24 heavy (non-hydrogen) atoms. The third kappa shape index (κ3) is 2.52. The summed E-state index contributed by atoms with van der Waals surface area (Å²) in [5.41, 5.74) is 1.45. The zero-order valence-corrected chi connectivity index (χ0v) is 13.8. The molecular weight excluding hydrogens is 308 g/mol. The summed E-state index contributed by atoms with van der Waals surface area (Å²) in [4.78, 5) is 14.8. The van der Waals surface area contributed by atoms with Gasteiger partial charge < -0.3 is 18.9 Å². The molecule has 3 heterocycles. The molecular formula is C18H20N2O4. The quantitative estimate of drug-likeness (QED) is 0.863. The van der Waals surface area contributed by atoms with Gasteiger partial charge in [0.2, 0.25) is 6.79 Å². The summed E-state index contributed by atoms with van der Waals surface area (Å²) in [6, 6.07) is 7.27. The molecule has 1 amide bonds. The summed E-state index contributed by atoms with van der Waals surface area (Å²) < 4.78 is 16.1. The van der Waals surface area contributed by atoms with Crippen LogP contribution in [-0.2, 0) is 0 Å². The van der Waals surface area contributed by atoms with E-state index >= 15 is 0 Å². The summed E-state index contributed by atoms with van der Waals surface area (Å²) in [5.74, 6) is 2.44. The molecule has 0 bridgehead atoms. The molecule has 6 heteroatoms. The lowest BCUT2D eigenvalue weighted by Gasteiger charge is -2.23. The molecule has 0 radical (unpaired) electrons. The lowest BCUT2D eigenvalue weighted by molar-refractivity contribution is 0.0730. The van der Waals surface area contributed by atoms with E-state index in [2.05, 4.69) is 19.0 Å². The molecule has 1 atom stereocenters. The number of nitrogens with zero attached hydrogens (tertiary/aromatic N) is 2. The SMILES string of the molecule is CC(C)c1cc([C@H]2CCCN2C(=O)c2ccc3c(c2)OCO3)no1. The van der Waals surface area contributed by atoms with Gasteiger partial charge in [0, 0.05) is 24.1 Å². The van der Waals surface area contributed by atoms with Crippen LogP contribution in [0.15, 0.2) is 28.8 Å². The number of aromatic nitrogens is 1. The Morgan fingerprint density at radius 2 is 2.08 bits per heavy atom. The van der Waals surface area contributed by atoms with Crippen LogP contribution in [0.5, 0.6) is 11.5 Å². The van der Waals surface area contributed by atoms with Gasteiger partial charge in [-0.15, -0.1) is 0 Å². The predicted octanol–water partition coefficient (Wildman–Crippen LogP) is 3.50. The minimum absolute atomic E-state index is 0.00935. The zero-order valence-electron chi connectivity index (χ0n) is 13.8. The second-order valence-electron chi connectivity index (χ2n) is 6.53. The highest BCUT2D eigenvalue weighted by Crippen LogP contribution is 2.36. The lowest BCUT2D eigenvalue weighted by atomic mass is 10.1. The second-order valence-corrected chi connectivity index (χ2v) is 6.53. The molecule has 126 valence electrons. The fraction of sp³-hybridized carbons (Fsp3) is 0.444. The van der Waals surface area contributed by atoms with Crippen molar-refractivity contribution in [1.29, 1.82) is 0 Å². The molecule has 2 aromatic rings. The minimum Gasteiger partial charge on any atom is -0.454 e. The van der Waals surface area contributed by atoms with Crippen molar-refractivity contribution >= 4 is 5.91 Å². The summed E-state index contributed by atoms with van der Waals surface area (Å²) in [7, 11) is 0. The van der Waals surface area contributed by atoms with Crippen LogP contribution in [0.25, 0.3) is 0 Å². The Bertz CT molecular complexity index is 768. The molecule has 0 saturated carbocycles. The number of rotatable bonds is 3. The molecule has 0 N–H and O–H groups in total. The van der Waals surface area contributed by atoms with Gasteiger partial charge in [-0.2, -0.15) is 0 Å². The Labute approximate surface area is 140 Å². The van der Waals surface area contributed by atoms with Crippen LogP contribution in [0, 0.1) is 0 Å². The van der Waals surface area contributed by atoms with Gasteiger partial charge >= 0.3 is 0 Å². The van der Waals surface area contributed by atoms with Crippen LogP contribution in [0.1, 0.15) is 60.5 Å². The maximum atomic E-state index is 12.9. The van der Waals surface area contributed by atoms with Gasteiger partial charge in [0.1, 0.15) is 11.5 Å². The van der Waals surface area contributed by atoms with Gasteiger partial charge in [0.15, 0.2) is 11.5 Å². The number of amides is 1. The van der Waals surface area contributed by atoms with Crippen molar-refractivity contribution in [3.05, 3.63) is 41.3 Å². The Hall–Kier alpha value is -2.50. The Balaban J connectivity index is 1.58. The van der Waals surface area contributed by atoms with Crippen molar-refractivity contribution in [3.63, 3.8) is 0 Å². The van der Waals surface area contributed by atoms with E-state index in [9.17, 15) is 4.79 Å². The van der Waals surface area contributed by atoms with E-state index in [-0.39, 0.29) is 24.7 Å². The lowest BCUT2D eigenvalue weighted by Crippen LogP contribution is -2.30. The topological polar surface area (TPSA) is 64.8 Å². The largest absolute Gasteiger partial charge is 0.454 e. The number of benzene rings is 1. The van der Waals surface area contributed by atoms with Crippen molar-refractivity contribution < 1.29 is 18.8 Å². The second kappa shape index (κ2) is 5.85. The van der Waals surface area contributed by atoms with Crippen molar-refractivity contribution in [1.82, 2.24) is 10.1 Å². The third-order valence-electron chi connectivity index (χ3n) is 4.59. The Morgan fingerprint density at radius 1 is 1.25 bits per heavy atom. The molecule has 2 aliphatic heterocycles. The number of hydrogen-bond acceptors (Lipinski definition) is 5. The average Bonchev–Trinajstić information content (AvgIpc) is 3.31. The first kappa shape index (κ1) is 15.1. The minimum atomic E-state index is -0.0285. The van der Waals surface area contributed by atoms with Crippen LogP contribution in [0.2, 0.25) is 0 Å². The van der Waals surface area contributed by atoms with E-state index in [1.807, 2.05) is 11.0 Å². The molecule has 4 rings (SSSR count). The smallest absolute Gasteiger partial charge is 0.254 e. The standard InChI is InChI=1S/C18H20N2O4/c1-11(2)16-9-13(19-24-16)14-4-3-7-20(14)18(21)12-5-6-15-17(8-12)23-10-22-15/h5-6,8-9,11,14H,3-4,7,10H2,1-2H3/t14-/m1/s1. The highest BCUT2D eigenvalue weighted by molar-refractivity contribution is 5.95. The normalized spacial score (nSPS) is 19.3. The first-order valence-electron chi connectivity index (χ1n) is 8.30. The van der Waals surface area contributed by atoms with Gasteiger partial charge in [0.25, 0.3) is 5.91 Å². The van der Waals surface area contributed by atoms with E-state index in [0.29, 0.717) is 17.1 Å². The highest BCUT2D eigenvalue weighted by Gasteiger charge is 2.33. The van der Waals surface area contributed by atoms with Crippen molar-refractivity contribution in [2.24, 2.45) is 0 Å². The molecule has 1 fully saturated rings. The first-order valence-corrected chi connectivity index (χ1v) is 8.30. The molecule has 1 aromatic carbocycles. The fourth-order valence-electron chi connectivity index (χ4n) is 3.25. The summed E-state index contributed by atoms with van der Waals surface area (Å²) in [5, 5.41) is 4.19. The molecule has 1 saturated heterocycles. The third-order valence-corrected chi connectivity index (χ3v) is 4.59. The van der Waals surface area contributed by atoms with Crippen molar-refractivity contribution in [2.45, 2.75) is 38.6 Å². The van der Waals surface area contributed by atoms with Crippen molar-refractivity contribution in [3.8, 4) is 11.5 Å². The van der Waals surface area contributed by atoms with Gasteiger partial charge in [-0.1, -0.05) is 19.0 Å². The summed E-state index contributed by atoms with van der Waals surface area (Å²) >= 11 is 0. The van der Waals surface area contributed by atoms with Gasteiger partial charge in [-0.3, -0.25) is 4.79 Å². The Morgan fingerprint density at radius 3 is 2.88 bits per heavy atom. The van der Waals surface area contributed by atoms with Gasteiger partial charge in [-0.05, 0) is 31.0 Å². The molecule has 1 aromatic heterocycles. The van der Waals surface area contributed by atoms with Crippen LogP contribution in [-0.4, -0.2) is 29.3 Å². The van der Waals surface area contributed by atoms with E-state index in [0.717, 1.165) is 30.8 Å². The molecule has 0 spiro atoms. The Kier molecular flexibility index (Phi) is 3.67. The van der Waals surface area contributed by atoms with Crippen LogP contribution < -0.4 is 9.47 Å². The summed E-state index contributed by atoms with van der Waals surface area (Å²) in [6.45, 7) is 5.06. The number of hydrogen-bond donors (Lipinski definition) is 0. The van der Waals surface area contributed by atoms with Gasteiger partial charge in [-0.25, -0.2) is 0 Å². The van der Waals surface area contributed by atoms with Gasteiger partial charge in [0.05, 0.1) is 6.04 Å². The van der Waals surface area contributed by atoms with Crippen LogP contribution >= 0.6 is 0 Å². The number of ether oxygens (including phenoxy) is 2. The number of fused-ring (bicyclic) bond motifs is 1. The molecule has 6 nitrogen and oxygen atoms in total. The van der Waals surface area contributed by atoms with E-state index in [1.54, 1.807) is 18.2 Å². The van der Waals surface area contributed by atoms with E-state index < -0.39 is 0 Å². The fourth-order valence-corrected chi connectivity index (χ4v) is 3.25. The number of likely N-dealkylation sites (tertiary alicyclic amines) is 1. The molecule has 0 aliphatic carbocycles. The number of carbonyl (C=O) groups is 1. The maximum Gasteiger partial charge on any atom is 0.254 e. The molecule has 0 unspecified atom stereocenters. The van der Waals surface area contributed by atoms with Crippen LogP contribution in [0.4, 0.5) is 0 Å². The first-order chi connectivity index (χ1) is 11.6. The molecule has 2 aliphatic rings. The van der Waals surface area contributed by atoms with Crippen molar-refractivity contribution in [2.75, 3.05) is 13.3 Å². The average molecular weight is 328 g/mol. The maximum absolute atomic E-state index is 12.9. The highest BCUT2D eigenvalue weighted by atomic mass is 16.7. The summed E-state index contributed by atoms with van der Waals surface area (Å²) in [6.07, 6.45) is 1.87. The van der Waals surface area contributed by atoms with Crippen LogP contribution in [0.3, 0.4) is 0 Å². The van der Waals surface area contributed by atoms with E-state index in [4.69, 9.17) is 14.0 Å². The predicted molar refractivity (Wildman–Crippen MR) is 86.2 cm³/mol. The number of carbonyl (C=O) groups excluding carboxylic acids is 1. The zero-order chi connectivity index (χ0) is 16.7. The van der Waals surface area contributed by atoms with E-state index in [1.165, 1.54) is 0 Å².